The van der Waals surface area contributed by atoms with E-state index >= 15 is 0 Å². The molecule has 8 heteroatoms. The number of nitrogen functional groups attached to an aromatic ring is 2. The molecule has 110 valence electrons. The zero-order valence-electron chi connectivity index (χ0n) is 12.1. The summed E-state index contributed by atoms with van der Waals surface area (Å²) in [7, 11) is 1.72. The predicted octanol–water partition coefficient (Wildman–Crippen LogP) is 1.01. The maximum absolute atomic E-state index is 8.57. The van der Waals surface area contributed by atoms with Gasteiger partial charge < -0.3 is 11.5 Å². The van der Waals surface area contributed by atoms with Crippen LogP contribution in [0.4, 0.5) is 11.6 Å². The maximum atomic E-state index is 8.57. The van der Waals surface area contributed by atoms with Gasteiger partial charge in [0, 0.05) is 26.0 Å². The van der Waals surface area contributed by atoms with Gasteiger partial charge in [-0.15, -0.1) is 0 Å². The van der Waals surface area contributed by atoms with E-state index in [0.29, 0.717) is 22.8 Å². The van der Waals surface area contributed by atoms with E-state index in [1.54, 1.807) is 24.1 Å². The Morgan fingerprint density at radius 1 is 1.10 bits per heavy atom. The van der Waals surface area contributed by atoms with E-state index in [1.807, 2.05) is 12.1 Å². The minimum Gasteiger partial charge on any atom is -0.381 e. The van der Waals surface area contributed by atoms with Crippen molar-refractivity contribution in [3.63, 3.8) is 0 Å². The molecule has 0 amide bonds. The molecule has 4 N–H and O–H groups in total. The number of anilines is 2. The molecule has 0 bridgehead atoms. The van der Waals surface area contributed by atoms with Crippen LogP contribution in [0.5, 0.6) is 0 Å². The molecule has 0 aliphatic heterocycles. The Morgan fingerprint density at radius 3 is 2.05 bits per heavy atom. The fraction of sp³-hybridized carbons (Fsp3) is 0.385. The van der Waals surface area contributed by atoms with Gasteiger partial charge in [0.25, 0.3) is 0 Å². The molecule has 2 aromatic heterocycles. The summed E-state index contributed by atoms with van der Waals surface area (Å²) in [5.74, 6) is 0.619. The molecule has 2 rings (SSSR count). The van der Waals surface area contributed by atoms with Crippen molar-refractivity contribution in [2.24, 2.45) is 7.05 Å². The Kier molecular flexibility index (Phi) is 5.78. The smallest absolute Gasteiger partial charge is 0.163 e. The quantitative estimate of drug-likeness (QED) is 0.864. The average Bonchev–Trinajstić information content (AvgIpc) is 2.98. The number of nitrogens with zero attached hydrogens (tertiary/aromatic N) is 6. The molecule has 0 fully saturated rings. The second kappa shape index (κ2) is 7.56. The van der Waals surface area contributed by atoms with Crippen molar-refractivity contribution in [1.82, 2.24) is 19.6 Å². The first-order valence-corrected chi connectivity index (χ1v) is 6.44. The van der Waals surface area contributed by atoms with Gasteiger partial charge in [-0.25, -0.2) is 0 Å². The van der Waals surface area contributed by atoms with Gasteiger partial charge in [0.05, 0.1) is 0 Å². The molecule has 0 aliphatic rings. The molecular weight excluding hydrogens is 268 g/mol. The van der Waals surface area contributed by atoms with E-state index < -0.39 is 0 Å². The summed E-state index contributed by atoms with van der Waals surface area (Å²) in [6, 6.07) is 3.89. The van der Waals surface area contributed by atoms with Gasteiger partial charge in [-0.1, -0.05) is 13.3 Å². The lowest BCUT2D eigenvalue weighted by Crippen LogP contribution is -1.98. The molecular formula is C13H18N8. The van der Waals surface area contributed by atoms with Gasteiger partial charge in [-0.2, -0.15) is 20.7 Å². The number of aryl methyl sites for hydroxylation is 2. The first-order chi connectivity index (χ1) is 10.0. The van der Waals surface area contributed by atoms with Gasteiger partial charge in [0.2, 0.25) is 0 Å². The second-order valence-electron chi connectivity index (χ2n) is 4.37. The van der Waals surface area contributed by atoms with Crippen LogP contribution in [0.3, 0.4) is 0 Å². The van der Waals surface area contributed by atoms with E-state index in [-0.39, 0.29) is 0 Å². The minimum absolute atomic E-state index is 0.292. The van der Waals surface area contributed by atoms with E-state index in [0.717, 1.165) is 19.4 Å². The molecule has 0 spiro atoms. The first-order valence-electron chi connectivity index (χ1n) is 6.44. The molecule has 0 saturated carbocycles. The third-order valence-electron chi connectivity index (χ3n) is 2.63. The highest BCUT2D eigenvalue weighted by molar-refractivity contribution is 5.46. The van der Waals surface area contributed by atoms with Crippen molar-refractivity contribution in [2.45, 2.75) is 26.3 Å². The lowest BCUT2D eigenvalue weighted by molar-refractivity contribution is 0.573. The Balaban J connectivity index is 0.000000219. The van der Waals surface area contributed by atoms with Crippen LogP contribution in [-0.2, 0) is 13.6 Å². The fourth-order valence-electron chi connectivity index (χ4n) is 1.55. The number of aromatic nitrogens is 4. The molecule has 0 atom stereocenters. The van der Waals surface area contributed by atoms with Crippen molar-refractivity contribution in [3.8, 4) is 12.1 Å². The van der Waals surface area contributed by atoms with Crippen LogP contribution >= 0.6 is 0 Å². The number of nitrogens with two attached hydrogens (primary N) is 2. The molecule has 0 radical (unpaired) electrons. The third-order valence-corrected chi connectivity index (χ3v) is 2.63. The number of unbranched alkanes of at least 4 members (excludes halogenated alkanes) is 1. The summed E-state index contributed by atoms with van der Waals surface area (Å²) in [6.45, 7) is 2.94. The van der Waals surface area contributed by atoms with Gasteiger partial charge in [-0.05, 0) is 6.42 Å². The van der Waals surface area contributed by atoms with Crippen LogP contribution < -0.4 is 11.5 Å². The third kappa shape index (κ3) is 4.55. The largest absolute Gasteiger partial charge is 0.381 e. The summed E-state index contributed by atoms with van der Waals surface area (Å²) in [4.78, 5) is 0. The van der Waals surface area contributed by atoms with Gasteiger partial charge >= 0.3 is 0 Å². The fourth-order valence-corrected chi connectivity index (χ4v) is 1.55. The molecule has 0 unspecified atom stereocenters. The highest BCUT2D eigenvalue weighted by Crippen LogP contribution is 2.07. The highest BCUT2D eigenvalue weighted by Gasteiger charge is 2.02. The van der Waals surface area contributed by atoms with E-state index in [2.05, 4.69) is 17.1 Å². The predicted molar refractivity (Wildman–Crippen MR) is 78.6 cm³/mol. The average molecular weight is 286 g/mol. The first kappa shape index (κ1) is 16.1. The standard InChI is InChI=1S/C8H12N4.C5H6N4/c1-2-3-4-12-6-7(5-9)8(10)11-12;1-9-3-4(2-6)5(7)8-9/h6H,2-4H2,1H3,(H2,10,11);3H,1H3,(H2,7,8). The van der Waals surface area contributed by atoms with Crippen molar-refractivity contribution < 1.29 is 0 Å². The molecule has 8 nitrogen and oxygen atoms in total. The van der Waals surface area contributed by atoms with Crippen molar-refractivity contribution in [2.75, 3.05) is 11.5 Å². The van der Waals surface area contributed by atoms with E-state index in [4.69, 9.17) is 22.0 Å². The Bertz CT molecular complexity index is 667. The molecule has 21 heavy (non-hydrogen) atoms. The van der Waals surface area contributed by atoms with Crippen molar-refractivity contribution >= 4 is 11.6 Å². The minimum atomic E-state index is 0.292. The molecule has 2 heterocycles. The molecule has 2 aromatic rings. The van der Waals surface area contributed by atoms with Gasteiger partial charge in [0.1, 0.15) is 23.3 Å². The summed E-state index contributed by atoms with van der Waals surface area (Å²) in [5, 5.41) is 24.7. The summed E-state index contributed by atoms with van der Waals surface area (Å²) in [5.41, 5.74) is 11.7. The van der Waals surface area contributed by atoms with Crippen LogP contribution in [0, 0.1) is 22.7 Å². The van der Waals surface area contributed by atoms with Gasteiger partial charge in [0.15, 0.2) is 11.6 Å². The van der Waals surface area contributed by atoms with Crippen LogP contribution in [-0.4, -0.2) is 19.6 Å². The van der Waals surface area contributed by atoms with E-state index in [9.17, 15) is 0 Å². The summed E-state index contributed by atoms with van der Waals surface area (Å²) >= 11 is 0. The number of hydrogen-bond acceptors (Lipinski definition) is 6. The summed E-state index contributed by atoms with van der Waals surface area (Å²) < 4.78 is 3.23. The van der Waals surface area contributed by atoms with Crippen molar-refractivity contribution in [1.29, 1.82) is 10.5 Å². The lowest BCUT2D eigenvalue weighted by atomic mass is 10.3. The van der Waals surface area contributed by atoms with Gasteiger partial charge in [-0.3, -0.25) is 9.36 Å². The molecule has 0 aromatic carbocycles. The zero-order chi connectivity index (χ0) is 15.8. The Morgan fingerprint density at radius 2 is 1.67 bits per heavy atom. The number of rotatable bonds is 3. The Hall–Kier alpha value is -3.00. The maximum Gasteiger partial charge on any atom is 0.163 e. The second-order valence-corrected chi connectivity index (χ2v) is 4.37. The normalized spacial score (nSPS) is 9.33. The van der Waals surface area contributed by atoms with E-state index in [1.165, 1.54) is 4.68 Å². The SMILES string of the molecule is CCCCn1cc(C#N)c(N)n1.Cn1cc(C#N)c(N)n1. The number of nitriles is 2. The Labute approximate surface area is 123 Å². The van der Waals surface area contributed by atoms with Crippen LogP contribution in [0.2, 0.25) is 0 Å². The summed E-state index contributed by atoms with van der Waals surface area (Å²) in [6.07, 6.45) is 5.44. The molecule has 0 aliphatic carbocycles. The topological polar surface area (TPSA) is 135 Å². The zero-order valence-corrected chi connectivity index (χ0v) is 12.1. The molecule has 0 saturated heterocycles. The van der Waals surface area contributed by atoms with Crippen LogP contribution in [0.1, 0.15) is 30.9 Å². The van der Waals surface area contributed by atoms with Crippen LogP contribution in [0.25, 0.3) is 0 Å². The van der Waals surface area contributed by atoms with Crippen LogP contribution in [0.15, 0.2) is 12.4 Å². The lowest BCUT2D eigenvalue weighted by Gasteiger charge is -1.96. The number of hydrogen-bond donors (Lipinski definition) is 2. The monoisotopic (exact) mass is 286 g/mol. The van der Waals surface area contributed by atoms with Crippen molar-refractivity contribution in [3.05, 3.63) is 23.5 Å². The highest BCUT2D eigenvalue weighted by atomic mass is 15.3.